The van der Waals surface area contributed by atoms with Crippen molar-refractivity contribution in [2.45, 2.75) is 57.4 Å². The largest absolute Gasteiger partial charge is 0.481 e. The van der Waals surface area contributed by atoms with E-state index in [1.54, 1.807) is 6.33 Å². The minimum absolute atomic E-state index is 0.174. The van der Waals surface area contributed by atoms with Crippen LogP contribution in [0.2, 0.25) is 0 Å². The van der Waals surface area contributed by atoms with E-state index < -0.39 is 5.97 Å². The predicted octanol–water partition coefficient (Wildman–Crippen LogP) is 3.63. The second-order valence-electron chi connectivity index (χ2n) is 6.64. The molecule has 2 aliphatic rings. The maximum absolute atomic E-state index is 11.1. The minimum Gasteiger partial charge on any atom is -0.481 e. The molecule has 2 heterocycles. The zero-order chi connectivity index (χ0) is 15.8. The highest BCUT2D eigenvalue weighted by Crippen LogP contribution is 2.39. The second-order valence-corrected chi connectivity index (χ2v) is 7.73. The van der Waals surface area contributed by atoms with E-state index in [1.807, 2.05) is 11.3 Å². The Morgan fingerprint density at radius 3 is 2.74 bits per heavy atom. The summed E-state index contributed by atoms with van der Waals surface area (Å²) in [7, 11) is 0. The highest BCUT2D eigenvalue weighted by molar-refractivity contribution is 7.19. The fourth-order valence-electron chi connectivity index (χ4n) is 3.88. The number of aryl methyl sites for hydroxylation is 2. The molecule has 2 aromatic heterocycles. The lowest BCUT2D eigenvalue weighted by Gasteiger charge is -2.27. The van der Waals surface area contributed by atoms with E-state index in [0.717, 1.165) is 42.8 Å². The van der Waals surface area contributed by atoms with Gasteiger partial charge in [0.15, 0.2) is 0 Å². The first kappa shape index (κ1) is 14.9. The molecule has 0 bridgehead atoms. The van der Waals surface area contributed by atoms with Crippen molar-refractivity contribution in [1.82, 2.24) is 9.97 Å². The van der Waals surface area contributed by atoms with Gasteiger partial charge in [0, 0.05) is 10.9 Å². The number of thiophene rings is 1. The molecule has 0 radical (unpaired) electrons. The summed E-state index contributed by atoms with van der Waals surface area (Å²) in [5.41, 5.74) is 1.44. The molecule has 1 fully saturated rings. The number of carboxylic acid groups (broad SMARTS) is 1. The molecule has 0 saturated heterocycles. The molecule has 0 amide bonds. The summed E-state index contributed by atoms with van der Waals surface area (Å²) in [6.07, 6.45) is 9.76. The summed E-state index contributed by atoms with van der Waals surface area (Å²) in [5, 5.41) is 13.9. The molecule has 1 saturated carbocycles. The van der Waals surface area contributed by atoms with Crippen LogP contribution in [0.1, 0.15) is 49.0 Å². The maximum atomic E-state index is 11.1. The summed E-state index contributed by atoms with van der Waals surface area (Å²) < 4.78 is 0. The predicted molar refractivity (Wildman–Crippen MR) is 91.1 cm³/mol. The summed E-state index contributed by atoms with van der Waals surface area (Å²) in [6, 6.07) is 0.322. The Labute approximate surface area is 139 Å². The van der Waals surface area contributed by atoms with E-state index in [2.05, 4.69) is 15.3 Å². The molecule has 0 unspecified atom stereocenters. The van der Waals surface area contributed by atoms with Crippen molar-refractivity contribution < 1.29 is 9.90 Å². The van der Waals surface area contributed by atoms with E-state index >= 15 is 0 Å². The second kappa shape index (κ2) is 6.07. The van der Waals surface area contributed by atoms with E-state index in [1.165, 1.54) is 35.1 Å². The van der Waals surface area contributed by atoms with Crippen LogP contribution in [0.5, 0.6) is 0 Å². The Bertz CT molecular complexity index is 735. The van der Waals surface area contributed by atoms with Gasteiger partial charge in [0.2, 0.25) is 0 Å². The molecule has 4 rings (SSSR count). The number of hydrogen-bond donors (Lipinski definition) is 2. The van der Waals surface area contributed by atoms with Gasteiger partial charge in [-0.05, 0) is 56.9 Å². The fourth-order valence-corrected chi connectivity index (χ4v) is 5.11. The first-order chi connectivity index (χ1) is 11.2. The van der Waals surface area contributed by atoms with Gasteiger partial charge in [-0.3, -0.25) is 4.79 Å². The first-order valence-corrected chi connectivity index (χ1v) is 9.28. The summed E-state index contributed by atoms with van der Waals surface area (Å²) in [4.78, 5) is 22.6. The van der Waals surface area contributed by atoms with Gasteiger partial charge in [-0.1, -0.05) is 0 Å². The number of fused-ring (bicyclic) bond motifs is 3. The quantitative estimate of drug-likeness (QED) is 0.898. The van der Waals surface area contributed by atoms with Crippen LogP contribution in [0.3, 0.4) is 0 Å². The molecule has 0 atom stereocenters. The Balaban J connectivity index is 1.58. The molecule has 23 heavy (non-hydrogen) atoms. The van der Waals surface area contributed by atoms with E-state index in [0.29, 0.717) is 6.04 Å². The molecule has 122 valence electrons. The SMILES string of the molecule is O=C(O)C1CCC(Nc2ncnc3sc4c(c23)CCCC4)CC1. The molecule has 6 heteroatoms. The van der Waals surface area contributed by atoms with Crippen LogP contribution in [-0.2, 0) is 17.6 Å². The van der Waals surface area contributed by atoms with Crippen molar-refractivity contribution in [3.8, 4) is 0 Å². The number of nitrogens with zero attached hydrogens (tertiary/aromatic N) is 2. The van der Waals surface area contributed by atoms with Crippen molar-refractivity contribution in [3.05, 3.63) is 16.8 Å². The molecule has 2 N–H and O–H groups in total. The van der Waals surface area contributed by atoms with Crippen LogP contribution >= 0.6 is 11.3 Å². The van der Waals surface area contributed by atoms with Crippen LogP contribution in [0, 0.1) is 5.92 Å². The molecule has 0 aliphatic heterocycles. The number of carboxylic acids is 1. The molecule has 0 spiro atoms. The van der Waals surface area contributed by atoms with E-state index in [9.17, 15) is 4.79 Å². The van der Waals surface area contributed by atoms with Crippen LogP contribution < -0.4 is 5.32 Å². The zero-order valence-corrected chi connectivity index (χ0v) is 13.9. The minimum atomic E-state index is -0.653. The Morgan fingerprint density at radius 2 is 1.96 bits per heavy atom. The number of aromatic nitrogens is 2. The van der Waals surface area contributed by atoms with Gasteiger partial charge >= 0.3 is 5.97 Å². The highest BCUT2D eigenvalue weighted by atomic mass is 32.1. The fraction of sp³-hybridized carbons (Fsp3) is 0.588. The van der Waals surface area contributed by atoms with Crippen LogP contribution in [0.15, 0.2) is 6.33 Å². The standard InChI is InChI=1S/C17H21N3O2S/c21-17(22)10-5-7-11(8-6-10)20-15-14-12-3-1-2-4-13(12)23-16(14)19-9-18-15/h9-11H,1-8H2,(H,21,22)(H,18,19,20). The van der Waals surface area contributed by atoms with Crippen LogP contribution in [-0.4, -0.2) is 27.1 Å². The third-order valence-corrected chi connectivity index (χ3v) is 6.37. The van der Waals surface area contributed by atoms with Crippen molar-refractivity contribution in [2.24, 2.45) is 5.92 Å². The number of carbonyl (C=O) groups is 1. The number of aliphatic carboxylic acids is 1. The van der Waals surface area contributed by atoms with Gasteiger partial charge in [0.25, 0.3) is 0 Å². The smallest absolute Gasteiger partial charge is 0.306 e. The zero-order valence-electron chi connectivity index (χ0n) is 13.0. The van der Waals surface area contributed by atoms with Crippen molar-refractivity contribution in [3.63, 3.8) is 0 Å². The number of nitrogens with one attached hydrogen (secondary N) is 1. The molecule has 2 aliphatic carbocycles. The molecule has 2 aromatic rings. The van der Waals surface area contributed by atoms with Gasteiger partial charge in [-0.2, -0.15) is 0 Å². The molecular weight excluding hydrogens is 310 g/mol. The van der Waals surface area contributed by atoms with Gasteiger partial charge in [0.05, 0.1) is 11.3 Å². The number of rotatable bonds is 3. The lowest BCUT2D eigenvalue weighted by Crippen LogP contribution is -2.29. The number of hydrogen-bond acceptors (Lipinski definition) is 5. The summed E-state index contributed by atoms with van der Waals surface area (Å²) in [6.45, 7) is 0. The maximum Gasteiger partial charge on any atom is 0.306 e. The number of anilines is 1. The Kier molecular flexibility index (Phi) is 3.93. The molecule has 5 nitrogen and oxygen atoms in total. The molecule has 0 aromatic carbocycles. The third-order valence-electron chi connectivity index (χ3n) is 5.17. The highest BCUT2D eigenvalue weighted by Gasteiger charge is 2.27. The van der Waals surface area contributed by atoms with Crippen molar-refractivity contribution >= 4 is 33.3 Å². The third kappa shape index (κ3) is 2.80. The molecular formula is C17H21N3O2S. The summed E-state index contributed by atoms with van der Waals surface area (Å²) in [5.74, 6) is 0.125. The van der Waals surface area contributed by atoms with Gasteiger partial charge in [0.1, 0.15) is 17.0 Å². The average Bonchev–Trinajstić information content (AvgIpc) is 2.95. The lowest BCUT2D eigenvalue weighted by molar-refractivity contribution is -0.142. The van der Waals surface area contributed by atoms with Crippen molar-refractivity contribution in [2.75, 3.05) is 5.32 Å². The van der Waals surface area contributed by atoms with Gasteiger partial charge < -0.3 is 10.4 Å². The topological polar surface area (TPSA) is 75.1 Å². The van der Waals surface area contributed by atoms with Crippen LogP contribution in [0.25, 0.3) is 10.2 Å². The van der Waals surface area contributed by atoms with E-state index in [-0.39, 0.29) is 5.92 Å². The van der Waals surface area contributed by atoms with Gasteiger partial charge in [-0.25, -0.2) is 9.97 Å². The normalized spacial score (nSPS) is 24.3. The Hall–Kier alpha value is -1.69. The summed E-state index contributed by atoms with van der Waals surface area (Å²) >= 11 is 1.81. The van der Waals surface area contributed by atoms with Gasteiger partial charge in [-0.15, -0.1) is 11.3 Å². The monoisotopic (exact) mass is 331 g/mol. The Morgan fingerprint density at radius 1 is 1.17 bits per heavy atom. The van der Waals surface area contributed by atoms with Crippen LogP contribution in [0.4, 0.5) is 5.82 Å². The average molecular weight is 331 g/mol. The first-order valence-electron chi connectivity index (χ1n) is 8.47. The van der Waals surface area contributed by atoms with E-state index in [4.69, 9.17) is 5.11 Å². The lowest BCUT2D eigenvalue weighted by atomic mass is 9.86. The van der Waals surface area contributed by atoms with Crippen molar-refractivity contribution in [1.29, 1.82) is 0 Å².